The maximum Gasteiger partial charge on any atom is 0.270 e. The van der Waals surface area contributed by atoms with E-state index in [0.29, 0.717) is 0 Å². The first-order valence-corrected chi connectivity index (χ1v) is 6.02. The average molecular weight is 265 g/mol. The molecule has 2 N–H and O–H groups in total. The van der Waals surface area contributed by atoms with Gasteiger partial charge in [0, 0.05) is 30.4 Å². The van der Waals surface area contributed by atoms with Crippen LogP contribution < -0.4 is 5.73 Å². The first-order chi connectivity index (χ1) is 8.70. The van der Waals surface area contributed by atoms with Gasteiger partial charge >= 0.3 is 0 Å². The number of carbonyl (C=O) groups is 1. The molecule has 0 aliphatic heterocycles. The number of nitro benzene ring substituents is 1. The molecule has 6 nitrogen and oxygen atoms in total. The number of anilines is 1. The summed E-state index contributed by atoms with van der Waals surface area (Å²) in [6.07, 6.45) is 0.768. The molecule has 0 radical (unpaired) electrons. The molecule has 1 aromatic rings. The number of carbonyl (C=O) groups excluding carboxylic acids is 1. The Balaban J connectivity index is 3.19. The van der Waals surface area contributed by atoms with Crippen LogP contribution in [0.2, 0.25) is 0 Å². The minimum atomic E-state index is -0.540. The van der Waals surface area contributed by atoms with Crippen molar-refractivity contribution in [1.82, 2.24) is 4.90 Å². The van der Waals surface area contributed by atoms with Crippen LogP contribution in [-0.2, 0) is 0 Å². The first-order valence-electron chi connectivity index (χ1n) is 6.02. The highest BCUT2D eigenvalue weighted by Crippen LogP contribution is 2.25. The minimum Gasteiger partial charge on any atom is -0.398 e. The second-order valence-corrected chi connectivity index (χ2v) is 5.06. The molecular weight excluding hydrogens is 246 g/mol. The lowest BCUT2D eigenvalue weighted by Gasteiger charge is -2.35. The van der Waals surface area contributed by atoms with Crippen molar-refractivity contribution < 1.29 is 9.72 Å². The summed E-state index contributed by atoms with van der Waals surface area (Å²) in [6.45, 7) is 5.83. The van der Waals surface area contributed by atoms with Crippen molar-refractivity contribution >= 4 is 17.3 Å². The Morgan fingerprint density at radius 1 is 1.47 bits per heavy atom. The Bertz CT molecular complexity index is 512. The zero-order chi connectivity index (χ0) is 14.8. The largest absolute Gasteiger partial charge is 0.398 e. The van der Waals surface area contributed by atoms with Crippen LogP contribution in [0.3, 0.4) is 0 Å². The summed E-state index contributed by atoms with van der Waals surface area (Å²) in [6, 6.07) is 3.90. The number of non-ortho nitro benzene ring substituents is 1. The highest BCUT2D eigenvalue weighted by Gasteiger charge is 2.28. The molecule has 0 saturated heterocycles. The highest BCUT2D eigenvalue weighted by molar-refractivity contribution is 6.00. The molecule has 6 heteroatoms. The molecule has 0 fully saturated rings. The predicted octanol–water partition coefficient (Wildman–Crippen LogP) is 2.44. The zero-order valence-corrected chi connectivity index (χ0v) is 11.6. The maximum absolute atomic E-state index is 12.4. The zero-order valence-electron chi connectivity index (χ0n) is 11.6. The smallest absolute Gasteiger partial charge is 0.270 e. The Morgan fingerprint density at radius 3 is 2.53 bits per heavy atom. The number of nitrogens with two attached hydrogens (primary N) is 1. The van der Waals surface area contributed by atoms with Gasteiger partial charge in [0.25, 0.3) is 11.6 Å². The summed E-state index contributed by atoms with van der Waals surface area (Å²) < 4.78 is 0. The van der Waals surface area contributed by atoms with E-state index in [9.17, 15) is 14.9 Å². The number of nitro groups is 1. The summed E-state index contributed by atoms with van der Waals surface area (Å²) >= 11 is 0. The number of hydrogen-bond acceptors (Lipinski definition) is 4. The van der Waals surface area contributed by atoms with Gasteiger partial charge in [0.05, 0.1) is 10.5 Å². The molecule has 0 aromatic heterocycles. The number of hydrogen-bond donors (Lipinski definition) is 1. The molecule has 1 rings (SSSR count). The van der Waals surface area contributed by atoms with Crippen LogP contribution in [0.15, 0.2) is 18.2 Å². The van der Waals surface area contributed by atoms with Gasteiger partial charge in [-0.05, 0) is 26.3 Å². The van der Waals surface area contributed by atoms with Crippen molar-refractivity contribution in [3.05, 3.63) is 33.9 Å². The molecule has 0 saturated carbocycles. The SMILES string of the molecule is CCC(C)(C)N(C)C(=O)c1cc([N+](=O)[O-])ccc1N. The first kappa shape index (κ1) is 14.9. The fourth-order valence-electron chi connectivity index (χ4n) is 1.54. The van der Waals surface area contributed by atoms with Gasteiger partial charge in [-0.3, -0.25) is 14.9 Å². The lowest BCUT2D eigenvalue weighted by atomic mass is 9.98. The van der Waals surface area contributed by atoms with Crippen LogP contribution in [0.1, 0.15) is 37.6 Å². The number of nitrogens with zero attached hydrogens (tertiary/aromatic N) is 2. The summed E-state index contributed by atoms with van der Waals surface area (Å²) in [5.41, 5.74) is 5.67. The van der Waals surface area contributed by atoms with E-state index >= 15 is 0 Å². The standard InChI is InChI=1S/C13H19N3O3/c1-5-13(2,3)15(4)12(17)10-8-9(16(18)19)6-7-11(10)14/h6-8H,5,14H2,1-4H3. The van der Waals surface area contributed by atoms with Crippen LogP contribution >= 0.6 is 0 Å². The van der Waals surface area contributed by atoms with Crippen LogP contribution in [-0.4, -0.2) is 28.3 Å². The topological polar surface area (TPSA) is 89.5 Å². The van der Waals surface area contributed by atoms with E-state index in [1.54, 1.807) is 11.9 Å². The Labute approximate surface area is 112 Å². The Kier molecular flexibility index (Phi) is 4.14. The quantitative estimate of drug-likeness (QED) is 0.514. The summed E-state index contributed by atoms with van der Waals surface area (Å²) in [4.78, 5) is 24.1. The molecule has 0 aliphatic rings. The maximum atomic E-state index is 12.4. The molecule has 19 heavy (non-hydrogen) atoms. The Morgan fingerprint density at radius 2 is 2.05 bits per heavy atom. The van der Waals surface area contributed by atoms with Gasteiger partial charge in [0.15, 0.2) is 0 Å². The summed E-state index contributed by atoms with van der Waals surface area (Å²) in [5.74, 6) is -0.312. The summed E-state index contributed by atoms with van der Waals surface area (Å²) in [5, 5.41) is 10.7. The van der Waals surface area contributed by atoms with Gasteiger partial charge in [-0.2, -0.15) is 0 Å². The van der Waals surface area contributed by atoms with E-state index in [0.717, 1.165) is 6.42 Å². The molecule has 0 bridgehead atoms. The molecule has 1 aromatic carbocycles. The van der Waals surface area contributed by atoms with Crippen LogP contribution in [0.4, 0.5) is 11.4 Å². The van der Waals surface area contributed by atoms with Gasteiger partial charge in [-0.15, -0.1) is 0 Å². The number of benzene rings is 1. The number of rotatable bonds is 4. The lowest BCUT2D eigenvalue weighted by molar-refractivity contribution is -0.384. The van der Waals surface area contributed by atoms with Crippen LogP contribution in [0.25, 0.3) is 0 Å². The van der Waals surface area contributed by atoms with Crippen LogP contribution in [0, 0.1) is 10.1 Å². The van der Waals surface area contributed by atoms with E-state index < -0.39 is 4.92 Å². The van der Waals surface area contributed by atoms with E-state index in [-0.39, 0.29) is 28.4 Å². The molecule has 1 amide bonds. The number of nitrogen functional groups attached to an aromatic ring is 1. The highest BCUT2D eigenvalue weighted by atomic mass is 16.6. The normalized spacial score (nSPS) is 11.2. The molecule has 0 heterocycles. The molecule has 0 aliphatic carbocycles. The van der Waals surface area contributed by atoms with Crippen molar-refractivity contribution in [2.24, 2.45) is 0 Å². The third-order valence-corrected chi connectivity index (χ3v) is 3.56. The molecular formula is C13H19N3O3. The monoisotopic (exact) mass is 265 g/mol. The van der Waals surface area contributed by atoms with Crippen LogP contribution in [0.5, 0.6) is 0 Å². The van der Waals surface area contributed by atoms with E-state index in [2.05, 4.69) is 0 Å². The van der Waals surface area contributed by atoms with E-state index in [1.807, 2.05) is 20.8 Å². The van der Waals surface area contributed by atoms with Gasteiger partial charge in [0.1, 0.15) is 0 Å². The van der Waals surface area contributed by atoms with Gasteiger partial charge in [0.2, 0.25) is 0 Å². The third-order valence-electron chi connectivity index (χ3n) is 3.56. The number of amides is 1. The predicted molar refractivity (Wildman–Crippen MR) is 74.0 cm³/mol. The molecule has 0 spiro atoms. The van der Waals surface area contributed by atoms with Gasteiger partial charge in [-0.1, -0.05) is 6.92 Å². The molecule has 0 atom stereocenters. The summed E-state index contributed by atoms with van der Waals surface area (Å²) in [7, 11) is 1.67. The van der Waals surface area contributed by atoms with Gasteiger partial charge < -0.3 is 10.6 Å². The fourth-order valence-corrected chi connectivity index (χ4v) is 1.54. The Hall–Kier alpha value is -2.11. The van der Waals surface area contributed by atoms with Crippen molar-refractivity contribution in [3.63, 3.8) is 0 Å². The van der Waals surface area contributed by atoms with E-state index in [1.165, 1.54) is 18.2 Å². The van der Waals surface area contributed by atoms with Crippen molar-refractivity contribution in [1.29, 1.82) is 0 Å². The minimum absolute atomic E-state index is 0.139. The second-order valence-electron chi connectivity index (χ2n) is 5.06. The second kappa shape index (κ2) is 5.26. The van der Waals surface area contributed by atoms with Crippen molar-refractivity contribution in [2.75, 3.05) is 12.8 Å². The van der Waals surface area contributed by atoms with Crippen molar-refractivity contribution in [3.8, 4) is 0 Å². The van der Waals surface area contributed by atoms with E-state index in [4.69, 9.17) is 5.73 Å². The average Bonchev–Trinajstić information content (AvgIpc) is 2.37. The van der Waals surface area contributed by atoms with Crippen molar-refractivity contribution in [2.45, 2.75) is 32.7 Å². The van der Waals surface area contributed by atoms with Gasteiger partial charge in [-0.25, -0.2) is 0 Å². The fraction of sp³-hybridized carbons (Fsp3) is 0.462. The third kappa shape index (κ3) is 3.01. The molecule has 0 unspecified atom stereocenters. The molecule has 104 valence electrons. The lowest BCUT2D eigenvalue weighted by Crippen LogP contribution is -2.44.